The largest absolute Gasteiger partial charge is 0.0998 e. The van der Waals surface area contributed by atoms with Crippen LogP contribution in [0.15, 0.2) is 12.2 Å². The maximum atomic E-state index is 5.26. The van der Waals surface area contributed by atoms with Gasteiger partial charge in [0, 0.05) is 5.41 Å². The fourth-order valence-electron chi connectivity index (χ4n) is 1.90. The summed E-state index contributed by atoms with van der Waals surface area (Å²) >= 11 is 5.26. The van der Waals surface area contributed by atoms with Crippen molar-refractivity contribution in [1.82, 2.24) is 0 Å². The van der Waals surface area contributed by atoms with Gasteiger partial charge in [-0.05, 0) is 30.5 Å². The van der Waals surface area contributed by atoms with Gasteiger partial charge in [0.05, 0.1) is 0 Å². The van der Waals surface area contributed by atoms with E-state index < -0.39 is 0 Å². The molecule has 11 heavy (non-hydrogen) atoms. The summed E-state index contributed by atoms with van der Waals surface area (Å²) in [5, 5.41) is 0. The van der Waals surface area contributed by atoms with Crippen LogP contribution in [0.3, 0.4) is 0 Å². The van der Waals surface area contributed by atoms with Gasteiger partial charge in [-0.3, -0.25) is 0 Å². The van der Waals surface area contributed by atoms with Gasteiger partial charge in [-0.1, -0.05) is 38.2 Å². The standard InChI is InChI=1S/C10H16S/c1-7-5-8(2)10(4,6-7)9(3)11/h8H,1,5-6H2,2-4H3/t8?,10-/m1/s1. The smallest absolute Gasteiger partial charge is 0.00511 e. The lowest BCUT2D eigenvalue weighted by Crippen LogP contribution is -2.26. The van der Waals surface area contributed by atoms with Crippen molar-refractivity contribution >= 4 is 17.1 Å². The van der Waals surface area contributed by atoms with E-state index >= 15 is 0 Å². The molecule has 0 aromatic carbocycles. The molecule has 0 saturated heterocycles. The highest BCUT2D eigenvalue weighted by Crippen LogP contribution is 2.46. The topological polar surface area (TPSA) is 0 Å². The Morgan fingerprint density at radius 3 is 2.45 bits per heavy atom. The van der Waals surface area contributed by atoms with Crippen molar-refractivity contribution in [2.45, 2.75) is 33.6 Å². The minimum atomic E-state index is 0.256. The normalized spacial score (nSPS) is 37.7. The highest BCUT2D eigenvalue weighted by atomic mass is 32.1. The van der Waals surface area contributed by atoms with Crippen molar-refractivity contribution in [2.75, 3.05) is 0 Å². The zero-order valence-corrected chi connectivity index (χ0v) is 8.42. The lowest BCUT2D eigenvalue weighted by Gasteiger charge is -2.27. The molecule has 0 spiro atoms. The molecule has 0 aromatic heterocycles. The molecule has 1 saturated carbocycles. The van der Waals surface area contributed by atoms with Crippen molar-refractivity contribution in [3.8, 4) is 0 Å². The lowest BCUT2D eigenvalue weighted by molar-refractivity contribution is 0.368. The average Bonchev–Trinajstić information content (AvgIpc) is 2.08. The Bertz CT molecular complexity index is 205. The first kappa shape index (κ1) is 8.92. The van der Waals surface area contributed by atoms with Gasteiger partial charge in [0.25, 0.3) is 0 Å². The van der Waals surface area contributed by atoms with Gasteiger partial charge in [-0.2, -0.15) is 0 Å². The van der Waals surface area contributed by atoms with E-state index in [4.69, 9.17) is 12.2 Å². The molecule has 1 unspecified atom stereocenters. The summed E-state index contributed by atoms with van der Waals surface area (Å²) in [6, 6.07) is 0. The number of allylic oxidation sites excluding steroid dienone is 1. The fraction of sp³-hybridized carbons (Fsp3) is 0.700. The van der Waals surface area contributed by atoms with E-state index in [1.54, 1.807) is 0 Å². The van der Waals surface area contributed by atoms with Crippen molar-refractivity contribution in [3.63, 3.8) is 0 Å². The highest BCUT2D eigenvalue weighted by molar-refractivity contribution is 7.80. The molecule has 1 aliphatic carbocycles. The molecular formula is C10H16S. The SMILES string of the molecule is C=C1CC(C)[C@](C)(C(C)=S)C1. The minimum absolute atomic E-state index is 0.256. The molecule has 62 valence electrons. The highest BCUT2D eigenvalue weighted by Gasteiger charge is 2.38. The Morgan fingerprint density at radius 1 is 1.73 bits per heavy atom. The third-order valence-corrected chi connectivity index (χ3v) is 3.57. The van der Waals surface area contributed by atoms with Gasteiger partial charge in [0.2, 0.25) is 0 Å². The number of rotatable bonds is 1. The molecule has 1 rings (SSSR count). The van der Waals surface area contributed by atoms with E-state index in [1.165, 1.54) is 5.57 Å². The molecular weight excluding hydrogens is 152 g/mol. The van der Waals surface area contributed by atoms with Crippen LogP contribution in [0.25, 0.3) is 0 Å². The maximum Gasteiger partial charge on any atom is 0.00511 e. The lowest BCUT2D eigenvalue weighted by atomic mass is 9.78. The minimum Gasteiger partial charge on any atom is -0.0998 e. The molecule has 0 amide bonds. The van der Waals surface area contributed by atoms with Gasteiger partial charge in [0.15, 0.2) is 0 Å². The molecule has 1 fully saturated rings. The quantitative estimate of drug-likeness (QED) is 0.427. The summed E-state index contributed by atoms with van der Waals surface area (Å²) in [7, 11) is 0. The van der Waals surface area contributed by atoms with Gasteiger partial charge in [0.1, 0.15) is 0 Å². The van der Waals surface area contributed by atoms with Crippen LogP contribution in [-0.2, 0) is 0 Å². The van der Waals surface area contributed by atoms with Crippen LogP contribution in [0.4, 0.5) is 0 Å². The molecule has 1 aliphatic rings. The second kappa shape index (κ2) is 2.71. The molecule has 2 atom stereocenters. The van der Waals surface area contributed by atoms with E-state index in [9.17, 15) is 0 Å². The summed E-state index contributed by atoms with van der Waals surface area (Å²) in [5.41, 5.74) is 1.62. The Morgan fingerprint density at radius 2 is 2.27 bits per heavy atom. The van der Waals surface area contributed by atoms with E-state index in [0.717, 1.165) is 17.7 Å². The van der Waals surface area contributed by atoms with Gasteiger partial charge in [-0.15, -0.1) is 0 Å². The van der Waals surface area contributed by atoms with Crippen molar-refractivity contribution in [3.05, 3.63) is 12.2 Å². The first-order valence-electron chi connectivity index (χ1n) is 4.14. The van der Waals surface area contributed by atoms with Crippen LogP contribution in [-0.4, -0.2) is 4.86 Å². The summed E-state index contributed by atoms with van der Waals surface area (Å²) in [5.74, 6) is 0.687. The predicted octanol–water partition coefficient (Wildman–Crippen LogP) is 3.37. The predicted molar refractivity (Wildman–Crippen MR) is 53.9 cm³/mol. The fourth-order valence-corrected chi connectivity index (χ4v) is 2.17. The monoisotopic (exact) mass is 168 g/mol. The molecule has 0 bridgehead atoms. The molecule has 0 aliphatic heterocycles. The van der Waals surface area contributed by atoms with Crippen LogP contribution in [0, 0.1) is 11.3 Å². The first-order valence-corrected chi connectivity index (χ1v) is 4.55. The Balaban J connectivity index is 2.87. The summed E-state index contributed by atoms with van der Waals surface area (Å²) in [6.07, 6.45) is 2.26. The molecule has 0 heterocycles. The van der Waals surface area contributed by atoms with Gasteiger partial charge in [-0.25, -0.2) is 0 Å². The number of hydrogen-bond acceptors (Lipinski definition) is 1. The molecule has 0 N–H and O–H groups in total. The number of thiocarbonyl (C=S) groups is 1. The van der Waals surface area contributed by atoms with Crippen LogP contribution in [0.2, 0.25) is 0 Å². The Hall–Kier alpha value is -0.170. The third-order valence-electron chi connectivity index (χ3n) is 3.10. The second-order valence-electron chi connectivity index (χ2n) is 4.01. The zero-order valence-electron chi connectivity index (χ0n) is 7.61. The van der Waals surface area contributed by atoms with Crippen LogP contribution in [0.1, 0.15) is 33.6 Å². The second-order valence-corrected chi connectivity index (χ2v) is 4.62. The van der Waals surface area contributed by atoms with Gasteiger partial charge < -0.3 is 0 Å². The van der Waals surface area contributed by atoms with E-state index in [1.807, 2.05) is 0 Å². The van der Waals surface area contributed by atoms with Crippen LogP contribution in [0.5, 0.6) is 0 Å². The molecule has 0 aromatic rings. The summed E-state index contributed by atoms with van der Waals surface area (Å²) < 4.78 is 0. The van der Waals surface area contributed by atoms with Crippen LogP contribution >= 0.6 is 12.2 Å². The Labute approximate surface area is 74.7 Å². The Kier molecular flexibility index (Phi) is 2.19. The average molecular weight is 168 g/mol. The molecule has 1 heteroatoms. The van der Waals surface area contributed by atoms with Crippen molar-refractivity contribution in [1.29, 1.82) is 0 Å². The van der Waals surface area contributed by atoms with E-state index in [-0.39, 0.29) is 5.41 Å². The van der Waals surface area contributed by atoms with Crippen LogP contribution < -0.4 is 0 Å². The number of hydrogen-bond donors (Lipinski definition) is 0. The van der Waals surface area contributed by atoms with E-state index in [2.05, 4.69) is 27.4 Å². The van der Waals surface area contributed by atoms with E-state index in [0.29, 0.717) is 5.92 Å². The third kappa shape index (κ3) is 1.39. The first-order chi connectivity index (χ1) is 4.97. The maximum absolute atomic E-state index is 5.26. The molecule has 0 radical (unpaired) electrons. The van der Waals surface area contributed by atoms with Crippen molar-refractivity contribution < 1.29 is 0 Å². The molecule has 0 nitrogen and oxygen atoms in total. The van der Waals surface area contributed by atoms with Crippen molar-refractivity contribution in [2.24, 2.45) is 11.3 Å². The zero-order chi connectivity index (χ0) is 8.65. The summed E-state index contributed by atoms with van der Waals surface area (Å²) in [4.78, 5) is 1.14. The summed E-state index contributed by atoms with van der Waals surface area (Å²) in [6.45, 7) is 10.6. The van der Waals surface area contributed by atoms with Gasteiger partial charge >= 0.3 is 0 Å².